The van der Waals surface area contributed by atoms with Crippen molar-refractivity contribution in [2.75, 3.05) is 5.32 Å². The van der Waals surface area contributed by atoms with Gasteiger partial charge in [-0.3, -0.25) is 9.48 Å². The molecule has 6 nitrogen and oxygen atoms in total. The van der Waals surface area contributed by atoms with Gasteiger partial charge in [-0.25, -0.2) is 4.68 Å². The molecule has 2 rings (SSSR count). The van der Waals surface area contributed by atoms with Crippen LogP contribution in [0, 0.1) is 0 Å². The van der Waals surface area contributed by atoms with E-state index in [0.29, 0.717) is 12.2 Å². The van der Waals surface area contributed by atoms with Crippen LogP contribution in [0.2, 0.25) is 5.02 Å². The topological polar surface area (TPSA) is 64.7 Å². The SMILES string of the molecule is CCc1nn(C)cc1Nc1cnn(CC)c(=O)c1Cl. The highest BCUT2D eigenvalue weighted by Gasteiger charge is 2.11. The molecule has 0 unspecified atom stereocenters. The van der Waals surface area contributed by atoms with Crippen LogP contribution in [0.4, 0.5) is 11.4 Å². The minimum absolute atomic E-state index is 0.141. The van der Waals surface area contributed by atoms with E-state index in [2.05, 4.69) is 15.5 Å². The van der Waals surface area contributed by atoms with E-state index < -0.39 is 0 Å². The third kappa shape index (κ3) is 2.63. The Morgan fingerprint density at radius 1 is 1.37 bits per heavy atom. The summed E-state index contributed by atoms with van der Waals surface area (Å²) in [6, 6.07) is 0. The van der Waals surface area contributed by atoms with Crippen LogP contribution in [-0.2, 0) is 20.0 Å². The van der Waals surface area contributed by atoms with Crippen molar-refractivity contribution in [3.05, 3.63) is 33.5 Å². The van der Waals surface area contributed by atoms with Crippen molar-refractivity contribution < 1.29 is 0 Å². The summed E-state index contributed by atoms with van der Waals surface area (Å²) in [5.41, 5.74) is 1.95. The van der Waals surface area contributed by atoms with Gasteiger partial charge in [-0.05, 0) is 13.3 Å². The number of hydrogen-bond donors (Lipinski definition) is 1. The lowest BCUT2D eigenvalue weighted by Crippen LogP contribution is -2.22. The van der Waals surface area contributed by atoms with Gasteiger partial charge < -0.3 is 5.32 Å². The van der Waals surface area contributed by atoms with Gasteiger partial charge >= 0.3 is 0 Å². The van der Waals surface area contributed by atoms with E-state index in [1.165, 1.54) is 4.68 Å². The number of aromatic nitrogens is 4. The second-order valence-corrected chi connectivity index (χ2v) is 4.51. The van der Waals surface area contributed by atoms with Crippen molar-refractivity contribution in [1.29, 1.82) is 0 Å². The Morgan fingerprint density at radius 2 is 2.11 bits per heavy atom. The summed E-state index contributed by atoms with van der Waals surface area (Å²) in [7, 11) is 1.85. The normalized spacial score (nSPS) is 10.7. The zero-order valence-electron chi connectivity index (χ0n) is 11.1. The predicted octanol–water partition coefficient (Wildman–Crippen LogP) is 1.96. The molecule has 0 atom stereocenters. The molecule has 0 amide bonds. The lowest BCUT2D eigenvalue weighted by atomic mass is 10.3. The van der Waals surface area contributed by atoms with Gasteiger partial charge in [0.1, 0.15) is 5.02 Å². The maximum absolute atomic E-state index is 11.9. The van der Waals surface area contributed by atoms with E-state index in [9.17, 15) is 4.79 Å². The first-order chi connectivity index (χ1) is 9.06. The van der Waals surface area contributed by atoms with E-state index in [0.717, 1.165) is 17.8 Å². The molecule has 19 heavy (non-hydrogen) atoms. The minimum Gasteiger partial charge on any atom is -0.350 e. The van der Waals surface area contributed by atoms with Crippen LogP contribution >= 0.6 is 11.6 Å². The van der Waals surface area contributed by atoms with Gasteiger partial charge in [-0.15, -0.1) is 0 Å². The fourth-order valence-electron chi connectivity index (χ4n) is 1.82. The highest BCUT2D eigenvalue weighted by molar-refractivity contribution is 6.33. The van der Waals surface area contributed by atoms with Gasteiger partial charge in [0, 0.05) is 19.8 Å². The average Bonchev–Trinajstić information content (AvgIpc) is 2.75. The maximum Gasteiger partial charge on any atom is 0.287 e. The van der Waals surface area contributed by atoms with Crippen LogP contribution < -0.4 is 10.9 Å². The number of nitrogens with one attached hydrogen (secondary N) is 1. The van der Waals surface area contributed by atoms with E-state index in [-0.39, 0.29) is 10.6 Å². The molecular weight excluding hydrogens is 266 g/mol. The van der Waals surface area contributed by atoms with Gasteiger partial charge in [0.15, 0.2) is 0 Å². The Kier molecular flexibility index (Phi) is 3.90. The monoisotopic (exact) mass is 281 g/mol. The van der Waals surface area contributed by atoms with E-state index in [1.54, 1.807) is 10.9 Å². The van der Waals surface area contributed by atoms with Crippen LogP contribution in [0.1, 0.15) is 19.5 Å². The molecule has 0 fully saturated rings. The van der Waals surface area contributed by atoms with E-state index >= 15 is 0 Å². The number of rotatable bonds is 4. The van der Waals surface area contributed by atoms with Crippen LogP contribution in [-0.4, -0.2) is 19.6 Å². The Morgan fingerprint density at radius 3 is 2.74 bits per heavy atom. The summed E-state index contributed by atoms with van der Waals surface area (Å²) in [4.78, 5) is 11.9. The summed E-state index contributed by atoms with van der Waals surface area (Å²) in [6.45, 7) is 4.35. The lowest BCUT2D eigenvalue weighted by Gasteiger charge is -2.08. The van der Waals surface area contributed by atoms with Crippen molar-refractivity contribution in [3.63, 3.8) is 0 Å². The van der Waals surface area contributed by atoms with Gasteiger partial charge in [0.25, 0.3) is 5.56 Å². The molecule has 0 bridgehead atoms. The Bertz CT molecular complexity index is 646. The Balaban J connectivity index is 2.38. The first kappa shape index (κ1) is 13.6. The molecule has 0 saturated carbocycles. The number of halogens is 1. The van der Waals surface area contributed by atoms with Gasteiger partial charge in [-0.2, -0.15) is 10.2 Å². The first-order valence-corrected chi connectivity index (χ1v) is 6.49. The van der Waals surface area contributed by atoms with Crippen molar-refractivity contribution in [3.8, 4) is 0 Å². The maximum atomic E-state index is 11.9. The Labute approximate surface area is 116 Å². The van der Waals surface area contributed by atoms with Crippen LogP contribution in [0.3, 0.4) is 0 Å². The second-order valence-electron chi connectivity index (χ2n) is 4.13. The largest absolute Gasteiger partial charge is 0.350 e. The van der Waals surface area contributed by atoms with E-state index in [4.69, 9.17) is 11.6 Å². The number of hydrogen-bond acceptors (Lipinski definition) is 4. The molecule has 102 valence electrons. The third-order valence-electron chi connectivity index (χ3n) is 2.79. The smallest absolute Gasteiger partial charge is 0.287 e. The quantitative estimate of drug-likeness (QED) is 0.930. The molecule has 2 heterocycles. The van der Waals surface area contributed by atoms with Gasteiger partial charge in [0.05, 0.1) is 23.3 Å². The Hall–Kier alpha value is -1.82. The summed E-state index contributed by atoms with van der Waals surface area (Å²) in [5, 5.41) is 11.6. The lowest BCUT2D eigenvalue weighted by molar-refractivity contribution is 0.616. The summed E-state index contributed by atoms with van der Waals surface area (Å²) < 4.78 is 3.03. The standard InChI is InChI=1S/C12H16ClN5O/c1-4-8-10(7-17(3)16-8)15-9-6-14-18(5-2)12(19)11(9)13/h6-7,15H,4-5H2,1-3H3. The second kappa shape index (κ2) is 5.44. The van der Waals surface area contributed by atoms with Crippen LogP contribution in [0.15, 0.2) is 17.2 Å². The molecule has 7 heteroatoms. The molecule has 2 aromatic rings. The number of aryl methyl sites for hydroxylation is 3. The fraction of sp³-hybridized carbons (Fsp3) is 0.417. The first-order valence-electron chi connectivity index (χ1n) is 6.12. The zero-order valence-corrected chi connectivity index (χ0v) is 11.9. The summed E-state index contributed by atoms with van der Waals surface area (Å²) in [5.74, 6) is 0. The van der Waals surface area contributed by atoms with Gasteiger partial charge in [0.2, 0.25) is 0 Å². The van der Waals surface area contributed by atoms with Crippen molar-refractivity contribution in [2.45, 2.75) is 26.8 Å². The highest BCUT2D eigenvalue weighted by atomic mass is 35.5. The van der Waals surface area contributed by atoms with Crippen molar-refractivity contribution in [1.82, 2.24) is 19.6 Å². The van der Waals surface area contributed by atoms with Crippen LogP contribution in [0.25, 0.3) is 0 Å². The molecule has 0 spiro atoms. The van der Waals surface area contributed by atoms with Crippen molar-refractivity contribution in [2.24, 2.45) is 7.05 Å². The predicted molar refractivity (Wildman–Crippen MR) is 75.0 cm³/mol. The zero-order chi connectivity index (χ0) is 14.0. The third-order valence-corrected chi connectivity index (χ3v) is 3.16. The molecule has 0 aliphatic carbocycles. The molecule has 1 N–H and O–H groups in total. The highest BCUT2D eigenvalue weighted by Crippen LogP contribution is 2.23. The fourth-order valence-corrected chi connectivity index (χ4v) is 2.02. The molecule has 0 radical (unpaired) electrons. The molecular formula is C12H16ClN5O. The van der Waals surface area contributed by atoms with Crippen molar-refractivity contribution >= 4 is 23.0 Å². The number of nitrogens with zero attached hydrogens (tertiary/aromatic N) is 4. The van der Waals surface area contributed by atoms with Gasteiger partial charge in [-0.1, -0.05) is 18.5 Å². The molecule has 2 aromatic heterocycles. The minimum atomic E-state index is -0.295. The summed E-state index contributed by atoms with van der Waals surface area (Å²) >= 11 is 6.07. The molecule has 0 saturated heterocycles. The average molecular weight is 282 g/mol. The van der Waals surface area contributed by atoms with E-state index in [1.807, 2.05) is 27.1 Å². The van der Waals surface area contributed by atoms with Crippen LogP contribution in [0.5, 0.6) is 0 Å². The molecule has 0 aliphatic rings. The molecule has 0 aliphatic heterocycles. The number of anilines is 2. The summed E-state index contributed by atoms with van der Waals surface area (Å²) in [6.07, 6.45) is 4.19. The molecule has 0 aromatic carbocycles.